The number of fused-ring (bicyclic) bond motifs is 1. The lowest BCUT2D eigenvalue weighted by Crippen LogP contribution is -2.14. The number of rotatable bonds is 4. The molecular weight excluding hydrogens is 305 g/mol. The lowest BCUT2D eigenvalue weighted by molar-refractivity contribution is 0.162. The molecule has 2 rings (SSSR count). The minimum atomic E-state index is 0.160. The van der Waals surface area contributed by atoms with E-state index in [1.54, 1.807) is 13.3 Å². The van der Waals surface area contributed by atoms with Crippen LogP contribution in [-0.2, 0) is 10.6 Å². The van der Waals surface area contributed by atoms with E-state index in [4.69, 9.17) is 16.3 Å². The van der Waals surface area contributed by atoms with Gasteiger partial charge >= 0.3 is 0 Å². The standard InChI is InChI=1S/C11H13BrClN3O/c1-7(6-17-2)16-10(4-13)15-9-3-8(12)5-14-11(9)16/h3,5,7H,4,6H2,1-2H3. The van der Waals surface area contributed by atoms with Gasteiger partial charge in [-0.3, -0.25) is 0 Å². The topological polar surface area (TPSA) is 39.9 Å². The molecule has 0 aliphatic rings. The highest BCUT2D eigenvalue weighted by atomic mass is 79.9. The molecule has 17 heavy (non-hydrogen) atoms. The number of hydrogen-bond donors (Lipinski definition) is 0. The third-order valence-electron chi connectivity index (χ3n) is 2.54. The van der Waals surface area contributed by atoms with Crippen molar-refractivity contribution in [3.8, 4) is 0 Å². The first-order valence-corrected chi connectivity index (χ1v) is 6.57. The van der Waals surface area contributed by atoms with Crippen molar-refractivity contribution in [2.45, 2.75) is 18.8 Å². The smallest absolute Gasteiger partial charge is 0.160 e. The van der Waals surface area contributed by atoms with Crippen molar-refractivity contribution in [3.05, 3.63) is 22.6 Å². The van der Waals surface area contributed by atoms with Crippen molar-refractivity contribution in [1.29, 1.82) is 0 Å². The van der Waals surface area contributed by atoms with Crippen molar-refractivity contribution < 1.29 is 4.74 Å². The van der Waals surface area contributed by atoms with Gasteiger partial charge < -0.3 is 9.30 Å². The van der Waals surface area contributed by atoms with Crippen LogP contribution >= 0.6 is 27.5 Å². The van der Waals surface area contributed by atoms with Gasteiger partial charge in [-0.1, -0.05) is 0 Å². The van der Waals surface area contributed by atoms with E-state index in [9.17, 15) is 0 Å². The molecule has 0 saturated heterocycles. The largest absolute Gasteiger partial charge is 0.383 e. The Balaban J connectivity index is 2.58. The molecule has 0 radical (unpaired) electrons. The third kappa shape index (κ3) is 2.46. The Kier molecular flexibility index (Phi) is 4.01. The summed E-state index contributed by atoms with van der Waals surface area (Å²) in [7, 11) is 1.68. The molecule has 1 unspecified atom stereocenters. The zero-order valence-corrected chi connectivity index (χ0v) is 12.0. The van der Waals surface area contributed by atoms with E-state index in [2.05, 4.69) is 32.8 Å². The SMILES string of the molecule is COCC(C)n1c(CCl)nc2cc(Br)cnc21. The number of imidazole rings is 1. The summed E-state index contributed by atoms with van der Waals surface area (Å²) >= 11 is 9.31. The Labute approximate surface area is 113 Å². The van der Waals surface area contributed by atoms with Crippen LogP contribution in [0.25, 0.3) is 11.2 Å². The van der Waals surface area contributed by atoms with Crippen LogP contribution in [0.2, 0.25) is 0 Å². The van der Waals surface area contributed by atoms with Crippen LogP contribution < -0.4 is 0 Å². The van der Waals surface area contributed by atoms with Crippen LogP contribution in [0, 0.1) is 0 Å². The lowest BCUT2D eigenvalue weighted by Gasteiger charge is -2.15. The molecule has 0 fully saturated rings. The van der Waals surface area contributed by atoms with E-state index >= 15 is 0 Å². The number of methoxy groups -OCH3 is 1. The average molecular weight is 319 g/mol. The van der Waals surface area contributed by atoms with Gasteiger partial charge in [-0.15, -0.1) is 11.6 Å². The monoisotopic (exact) mass is 317 g/mol. The molecule has 2 heterocycles. The van der Waals surface area contributed by atoms with Gasteiger partial charge in [-0.2, -0.15) is 0 Å². The molecule has 0 amide bonds. The van der Waals surface area contributed by atoms with Gasteiger partial charge in [0.2, 0.25) is 0 Å². The zero-order valence-electron chi connectivity index (χ0n) is 9.65. The van der Waals surface area contributed by atoms with Crippen molar-refractivity contribution in [3.63, 3.8) is 0 Å². The molecule has 6 heteroatoms. The summed E-state index contributed by atoms with van der Waals surface area (Å²) < 4.78 is 8.11. The molecule has 0 aliphatic carbocycles. The van der Waals surface area contributed by atoms with Crippen molar-refractivity contribution in [2.75, 3.05) is 13.7 Å². The summed E-state index contributed by atoms with van der Waals surface area (Å²) in [6, 6.07) is 2.10. The molecule has 0 bridgehead atoms. The van der Waals surface area contributed by atoms with Gasteiger partial charge in [0.15, 0.2) is 5.65 Å². The van der Waals surface area contributed by atoms with Crippen LogP contribution in [0.1, 0.15) is 18.8 Å². The third-order valence-corrected chi connectivity index (χ3v) is 3.21. The molecule has 0 spiro atoms. The first kappa shape index (κ1) is 12.8. The molecule has 1 atom stereocenters. The van der Waals surface area contributed by atoms with Crippen molar-refractivity contribution >= 4 is 38.7 Å². The first-order valence-electron chi connectivity index (χ1n) is 5.24. The maximum Gasteiger partial charge on any atom is 0.160 e. The van der Waals surface area contributed by atoms with Gasteiger partial charge in [0.05, 0.1) is 18.5 Å². The van der Waals surface area contributed by atoms with E-state index in [0.717, 1.165) is 21.5 Å². The minimum Gasteiger partial charge on any atom is -0.383 e. The molecule has 0 aliphatic heterocycles. The lowest BCUT2D eigenvalue weighted by atomic mass is 10.3. The fraction of sp³-hybridized carbons (Fsp3) is 0.455. The number of hydrogen-bond acceptors (Lipinski definition) is 3. The van der Waals surface area contributed by atoms with Crippen LogP contribution in [-0.4, -0.2) is 28.3 Å². The van der Waals surface area contributed by atoms with E-state index < -0.39 is 0 Å². The van der Waals surface area contributed by atoms with Crippen LogP contribution in [0.3, 0.4) is 0 Å². The van der Waals surface area contributed by atoms with Crippen molar-refractivity contribution in [1.82, 2.24) is 14.5 Å². The van der Waals surface area contributed by atoms with Gasteiger partial charge in [-0.25, -0.2) is 9.97 Å². The van der Waals surface area contributed by atoms with Crippen molar-refractivity contribution in [2.24, 2.45) is 0 Å². The van der Waals surface area contributed by atoms with E-state index in [1.165, 1.54) is 0 Å². The second kappa shape index (κ2) is 5.33. The molecule has 2 aromatic rings. The second-order valence-corrected chi connectivity index (χ2v) is 5.02. The maximum atomic E-state index is 5.92. The number of aromatic nitrogens is 3. The van der Waals surface area contributed by atoms with Gasteiger partial charge in [0.1, 0.15) is 11.3 Å². The summed E-state index contributed by atoms with van der Waals surface area (Å²) in [5, 5.41) is 0. The van der Waals surface area contributed by atoms with E-state index in [-0.39, 0.29) is 6.04 Å². The van der Waals surface area contributed by atoms with Gasteiger partial charge in [0.25, 0.3) is 0 Å². The number of pyridine rings is 1. The van der Waals surface area contributed by atoms with E-state index in [0.29, 0.717) is 12.5 Å². The molecule has 92 valence electrons. The second-order valence-electron chi connectivity index (χ2n) is 3.83. The summed E-state index contributed by atoms with van der Waals surface area (Å²) in [5.41, 5.74) is 1.69. The fourth-order valence-electron chi connectivity index (χ4n) is 1.88. The summed E-state index contributed by atoms with van der Waals surface area (Å²) in [5.74, 6) is 1.18. The maximum absolute atomic E-state index is 5.92. The van der Waals surface area contributed by atoms with Crippen LogP contribution in [0.15, 0.2) is 16.7 Å². The van der Waals surface area contributed by atoms with Crippen LogP contribution in [0.5, 0.6) is 0 Å². The molecule has 2 aromatic heterocycles. The Morgan fingerprint density at radius 3 is 3.00 bits per heavy atom. The molecule has 0 saturated carbocycles. The number of alkyl halides is 1. The normalized spacial score (nSPS) is 13.2. The molecule has 4 nitrogen and oxygen atoms in total. The number of halogens is 2. The zero-order chi connectivity index (χ0) is 12.4. The van der Waals surface area contributed by atoms with Gasteiger partial charge in [0, 0.05) is 17.8 Å². The Bertz CT molecular complexity index is 529. The summed E-state index contributed by atoms with van der Waals surface area (Å²) in [6.07, 6.45) is 1.76. The highest BCUT2D eigenvalue weighted by Gasteiger charge is 2.16. The fourth-order valence-corrected chi connectivity index (χ4v) is 2.39. The predicted octanol–water partition coefficient (Wildman–Crippen LogP) is 3.14. The van der Waals surface area contributed by atoms with Gasteiger partial charge in [-0.05, 0) is 28.9 Å². The highest BCUT2D eigenvalue weighted by Crippen LogP contribution is 2.23. The Morgan fingerprint density at radius 1 is 1.59 bits per heavy atom. The molecule has 0 N–H and O–H groups in total. The van der Waals surface area contributed by atoms with Crippen LogP contribution in [0.4, 0.5) is 0 Å². The Morgan fingerprint density at radius 2 is 2.35 bits per heavy atom. The van der Waals surface area contributed by atoms with E-state index in [1.807, 2.05) is 10.6 Å². The average Bonchev–Trinajstić information content (AvgIpc) is 2.66. The molecular formula is C11H13BrClN3O. The first-order chi connectivity index (χ1) is 8.17. The number of ether oxygens (including phenoxy) is 1. The predicted molar refractivity (Wildman–Crippen MR) is 71.4 cm³/mol. The quantitative estimate of drug-likeness (QED) is 0.813. The summed E-state index contributed by atoms with van der Waals surface area (Å²) in [4.78, 5) is 8.87. The Hall–Kier alpha value is -0.650. The summed E-state index contributed by atoms with van der Waals surface area (Å²) in [6.45, 7) is 2.66. The minimum absolute atomic E-state index is 0.160. The highest BCUT2D eigenvalue weighted by molar-refractivity contribution is 9.10. The number of nitrogens with zero attached hydrogens (tertiary/aromatic N) is 3. The molecule has 0 aromatic carbocycles.